The Morgan fingerprint density at radius 2 is 1.75 bits per heavy atom. The van der Waals surface area contributed by atoms with Crippen molar-refractivity contribution in [1.29, 1.82) is 0 Å². The highest BCUT2D eigenvalue weighted by molar-refractivity contribution is 5.22. The van der Waals surface area contributed by atoms with Gasteiger partial charge in [0.25, 0.3) is 5.56 Å². The van der Waals surface area contributed by atoms with E-state index in [2.05, 4.69) is 6.07 Å². The Kier molecular flexibility index (Phi) is 2.99. The molecule has 0 unspecified atom stereocenters. The first-order valence-electron chi connectivity index (χ1n) is 8.15. The van der Waals surface area contributed by atoms with E-state index in [1.165, 1.54) is 37.7 Å². The molecule has 4 bridgehead atoms. The normalized spacial score (nSPS) is 38.4. The van der Waals surface area contributed by atoms with E-state index in [9.17, 15) is 4.79 Å². The van der Waals surface area contributed by atoms with Crippen LogP contribution in [-0.2, 0) is 6.54 Å². The summed E-state index contributed by atoms with van der Waals surface area (Å²) in [5.41, 5.74) is 6.97. The van der Waals surface area contributed by atoms with Gasteiger partial charge in [0.15, 0.2) is 0 Å². The molecule has 4 aliphatic rings. The molecule has 0 aliphatic heterocycles. The zero-order chi connectivity index (χ0) is 13.7. The van der Waals surface area contributed by atoms with E-state index < -0.39 is 0 Å². The molecule has 4 aliphatic carbocycles. The summed E-state index contributed by atoms with van der Waals surface area (Å²) in [4.78, 5) is 12.2. The van der Waals surface area contributed by atoms with Gasteiger partial charge < -0.3 is 10.3 Å². The SMILES string of the molecule is NCCn1ccc(C2C3CC4CC(C3)CC2C4)cc1=O. The molecule has 3 heteroatoms. The van der Waals surface area contributed by atoms with Gasteiger partial charge in [-0.3, -0.25) is 4.79 Å². The predicted molar refractivity (Wildman–Crippen MR) is 79.5 cm³/mol. The first-order valence-corrected chi connectivity index (χ1v) is 8.15. The van der Waals surface area contributed by atoms with E-state index in [4.69, 9.17) is 5.73 Å². The Morgan fingerprint density at radius 3 is 2.30 bits per heavy atom. The van der Waals surface area contributed by atoms with Crippen LogP contribution >= 0.6 is 0 Å². The van der Waals surface area contributed by atoms with Crippen molar-refractivity contribution in [2.24, 2.45) is 29.4 Å². The number of hydrogen-bond donors (Lipinski definition) is 1. The van der Waals surface area contributed by atoms with E-state index in [1.807, 2.05) is 12.3 Å². The molecule has 4 fully saturated rings. The van der Waals surface area contributed by atoms with Crippen LogP contribution in [0, 0.1) is 23.7 Å². The summed E-state index contributed by atoms with van der Waals surface area (Å²) in [6, 6.07) is 4.08. The lowest BCUT2D eigenvalue weighted by molar-refractivity contribution is -0.00285. The maximum Gasteiger partial charge on any atom is 0.250 e. The molecule has 20 heavy (non-hydrogen) atoms. The third-order valence-corrected chi connectivity index (χ3v) is 6.00. The molecule has 2 N–H and O–H groups in total. The molecule has 1 heterocycles. The van der Waals surface area contributed by atoms with Crippen molar-refractivity contribution in [3.63, 3.8) is 0 Å². The third-order valence-electron chi connectivity index (χ3n) is 6.00. The fraction of sp³-hybridized carbons (Fsp3) is 0.706. The van der Waals surface area contributed by atoms with Gasteiger partial charge in [0, 0.05) is 25.4 Å². The monoisotopic (exact) mass is 272 g/mol. The van der Waals surface area contributed by atoms with Crippen molar-refractivity contribution < 1.29 is 0 Å². The van der Waals surface area contributed by atoms with E-state index >= 15 is 0 Å². The van der Waals surface area contributed by atoms with Crippen molar-refractivity contribution in [3.8, 4) is 0 Å². The van der Waals surface area contributed by atoms with Gasteiger partial charge >= 0.3 is 0 Å². The minimum atomic E-state index is 0.127. The molecule has 0 amide bonds. The Morgan fingerprint density at radius 1 is 1.10 bits per heavy atom. The van der Waals surface area contributed by atoms with Crippen molar-refractivity contribution in [3.05, 3.63) is 34.2 Å². The molecule has 108 valence electrons. The minimum Gasteiger partial charge on any atom is -0.329 e. The Balaban J connectivity index is 1.64. The smallest absolute Gasteiger partial charge is 0.250 e. The fourth-order valence-electron chi connectivity index (χ4n) is 5.52. The largest absolute Gasteiger partial charge is 0.329 e. The van der Waals surface area contributed by atoms with Gasteiger partial charge in [0.2, 0.25) is 0 Å². The maximum atomic E-state index is 12.2. The zero-order valence-electron chi connectivity index (χ0n) is 12.0. The summed E-state index contributed by atoms with van der Waals surface area (Å²) in [7, 11) is 0. The number of aromatic nitrogens is 1. The molecule has 3 nitrogen and oxygen atoms in total. The van der Waals surface area contributed by atoms with Gasteiger partial charge in [-0.1, -0.05) is 0 Å². The molecule has 5 rings (SSSR count). The van der Waals surface area contributed by atoms with Gasteiger partial charge in [-0.2, -0.15) is 0 Å². The average molecular weight is 272 g/mol. The number of rotatable bonds is 3. The summed E-state index contributed by atoms with van der Waals surface area (Å²) in [5, 5.41) is 0. The van der Waals surface area contributed by atoms with Crippen LogP contribution in [0.4, 0.5) is 0 Å². The summed E-state index contributed by atoms with van der Waals surface area (Å²) in [6.07, 6.45) is 9.06. The summed E-state index contributed by atoms with van der Waals surface area (Å²) >= 11 is 0. The van der Waals surface area contributed by atoms with Crippen LogP contribution in [0.2, 0.25) is 0 Å². The lowest BCUT2D eigenvalue weighted by Crippen LogP contribution is -2.44. The Labute approximate surface area is 120 Å². The number of nitrogens with zero attached hydrogens (tertiary/aromatic N) is 1. The van der Waals surface area contributed by atoms with Gasteiger partial charge in [-0.05, 0) is 73.3 Å². The molecule has 0 saturated heterocycles. The van der Waals surface area contributed by atoms with E-state index in [-0.39, 0.29) is 5.56 Å². The van der Waals surface area contributed by atoms with Crippen molar-refractivity contribution in [2.45, 2.75) is 44.6 Å². The zero-order valence-corrected chi connectivity index (χ0v) is 12.0. The average Bonchev–Trinajstić information content (AvgIpc) is 2.40. The number of hydrogen-bond acceptors (Lipinski definition) is 2. The molecule has 0 radical (unpaired) electrons. The van der Waals surface area contributed by atoms with E-state index in [0.717, 1.165) is 23.7 Å². The van der Waals surface area contributed by atoms with Gasteiger partial charge in [-0.25, -0.2) is 0 Å². The second kappa shape index (κ2) is 4.73. The lowest BCUT2D eigenvalue weighted by atomic mass is 9.51. The Bertz CT molecular complexity index is 534. The van der Waals surface area contributed by atoms with Crippen LogP contribution < -0.4 is 11.3 Å². The standard InChI is InChI=1S/C17H24N2O/c18-2-4-19-3-1-13(10-16(19)20)17-14-6-11-5-12(8-14)9-15(17)7-11/h1,3,10-12,14-15,17H,2,4-9,18H2. The topological polar surface area (TPSA) is 48.0 Å². The van der Waals surface area contributed by atoms with Crippen molar-refractivity contribution in [1.82, 2.24) is 4.57 Å². The van der Waals surface area contributed by atoms with E-state index in [1.54, 1.807) is 4.57 Å². The van der Waals surface area contributed by atoms with Crippen molar-refractivity contribution >= 4 is 0 Å². The molecule has 1 aromatic heterocycles. The van der Waals surface area contributed by atoms with Gasteiger partial charge in [0.05, 0.1) is 0 Å². The van der Waals surface area contributed by atoms with Crippen LogP contribution in [0.5, 0.6) is 0 Å². The maximum absolute atomic E-state index is 12.2. The fourth-order valence-corrected chi connectivity index (χ4v) is 5.52. The summed E-state index contributed by atoms with van der Waals surface area (Å²) in [6.45, 7) is 1.15. The lowest BCUT2D eigenvalue weighted by Gasteiger charge is -2.54. The summed E-state index contributed by atoms with van der Waals surface area (Å²) < 4.78 is 1.74. The minimum absolute atomic E-state index is 0.127. The van der Waals surface area contributed by atoms with Crippen molar-refractivity contribution in [2.75, 3.05) is 6.54 Å². The molecule has 0 atom stereocenters. The van der Waals surface area contributed by atoms with Crippen LogP contribution in [0.15, 0.2) is 23.1 Å². The first kappa shape index (κ1) is 12.6. The van der Waals surface area contributed by atoms with Gasteiger partial charge in [-0.15, -0.1) is 0 Å². The third kappa shape index (κ3) is 1.95. The molecule has 4 saturated carbocycles. The Hall–Kier alpha value is -1.09. The molecule has 0 aromatic carbocycles. The molecule has 1 aromatic rings. The molecular weight excluding hydrogens is 248 g/mol. The summed E-state index contributed by atoms with van der Waals surface area (Å²) in [5.74, 6) is 4.33. The van der Waals surface area contributed by atoms with E-state index in [0.29, 0.717) is 19.0 Å². The second-order valence-corrected chi connectivity index (χ2v) is 7.24. The highest BCUT2D eigenvalue weighted by atomic mass is 16.1. The van der Waals surface area contributed by atoms with Crippen LogP contribution in [0.25, 0.3) is 0 Å². The second-order valence-electron chi connectivity index (χ2n) is 7.24. The van der Waals surface area contributed by atoms with Crippen LogP contribution in [0.1, 0.15) is 43.6 Å². The molecule has 0 spiro atoms. The highest BCUT2D eigenvalue weighted by Gasteiger charge is 2.48. The molecular formula is C17H24N2O. The quantitative estimate of drug-likeness (QED) is 0.918. The first-order chi connectivity index (χ1) is 9.74. The number of pyridine rings is 1. The predicted octanol–water partition coefficient (Wildman–Crippen LogP) is 2.35. The van der Waals surface area contributed by atoms with Gasteiger partial charge in [0.1, 0.15) is 0 Å². The number of nitrogens with two attached hydrogens (primary N) is 1. The highest BCUT2D eigenvalue weighted by Crippen LogP contribution is 2.59. The van der Waals surface area contributed by atoms with Crippen LogP contribution in [-0.4, -0.2) is 11.1 Å². The van der Waals surface area contributed by atoms with Crippen LogP contribution in [0.3, 0.4) is 0 Å².